The van der Waals surface area contributed by atoms with Crippen LogP contribution in [-0.4, -0.2) is 46.2 Å². The van der Waals surface area contributed by atoms with Crippen molar-refractivity contribution in [3.63, 3.8) is 0 Å². The maximum absolute atomic E-state index is 12.4. The summed E-state index contributed by atoms with van der Waals surface area (Å²) in [4.78, 5) is 33.7. The van der Waals surface area contributed by atoms with Crippen LogP contribution in [0.2, 0.25) is 0 Å². The van der Waals surface area contributed by atoms with Gasteiger partial charge in [0.25, 0.3) is 0 Å². The Bertz CT molecular complexity index is 806. The molecule has 1 unspecified atom stereocenters. The van der Waals surface area contributed by atoms with Crippen LogP contribution < -0.4 is 0 Å². The Morgan fingerprint density at radius 2 is 2.08 bits per heavy atom. The molecular weight excluding hydrogens is 322 g/mol. The number of carbonyl (C=O) groups excluding carboxylic acids is 2. The van der Waals surface area contributed by atoms with Crippen molar-refractivity contribution in [2.24, 2.45) is 0 Å². The lowest BCUT2D eigenvalue weighted by Crippen LogP contribution is -2.36. The van der Waals surface area contributed by atoms with Gasteiger partial charge in [-0.1, -0.05) is 0 Å². The molecule has 7 nitrogen and oxygen atoms in total. The molecule has 0 radical (unpaired) electrons. The molecule has 1 fully saturated rings. The quantitative estimate of drug-likeness (QED) is 0.843. The van der Waals surface area contributed by atoms with Gasteiger partial charge in [0.1, 0.15) is 11.4 Å². The van der Waals surface area contributed by atoms with Crippen molar-refractivity contribution < 1.29 is 19.1 Å². The number of nitrogens with zero attached hydrogens (tertiary/aromatic N) is 2. The number of amides is 1. The summed E-state index contributed by atoms with van der Waals surface area (Å²) < 4.78 is 10.2. The maximum Gasteiger partial charge on any atom is 0.410 e. The summed E-state index contributed by atoms with van der Waals surface area (Å²) in [6.45, 7) is 6.20. The SMILES string of the molecule is COC(=O)c1ccc2nc(C3CCCN3C(=O)OC(C)(C)C)[nH]c2c1. The normalized spacial score (nSPS) is 17.8. The molecule has 0 aliphatic carbocycles. The van der Waals surface area contributed by atoms with Crippen LogP contribution in [0.4, 0.5) is 4.79 Å². The number of rotatable bonds is 2. The summed E-state index contributed by atoms with van der Waals surface area (Å²) in [5.74, 6) is 0.315. The molecule has 1 N–H and O–H groups in total. The number of H-pyrrole nitrogens is 1. The molecule has 1 atom stereocenters. The predicted molar refractivity (Wildman–Crippen MR) is 92.3 cm³/mol. The fourth-order valence-electron chi connectivity index (χ4n) is 3.02. The molecule has 0 bridgehead atoms. The zero-order chi connectivity index (χ0) is 18.2. The average molecular weight is 345 g/mol. The Hall–Kier alpha value is -2.57. The highest BCUT2D eigenvalue weighted by Gasteiger charge is 2.34. The smallest absolute Gasteiger partial charge is 0.410 e. The zero-order valence-electron chi connectivity index (χ0n) is 15.0. The Morgan fingerprint density at radius 3 is 2.76 bits per heavy atom. The van der Waals surface area contributed by atoms with E-state index in [1.165, 1.54) is 7.11 Å². The van der Waals surface area contributed by atoms with Crippen LogP contribution in [0, 0.1) is 0 Å². The van der Waals surface area contributed by atoms with E-state index >= 15 is 0 Å². The number of hydrogen-bond acceptors (Lipinski definition) is 5. The van der Waals surface area contributed by atoms with Gasteiger partial charge >= 0.3 is 12.1 Å². The summed E-state index contributed by atoms with van der Waals surface area (Å²) in [5.41, 5.74) is 1.42. The van der Waals surface area contributed by atoms with Crippen molar-refractivity contribution in [1.82, 2.24) is 14.9 Å². The van der Waals surface area contributed by atoms with Gasteiger partial charge in [0.15, 0.2) is 0 Å². The van der Waals surface area contributed by atoms with Crippen LogP contribution in [0.25, 0.3) is 11.0 Å². The summed E-state index contributed by atoms with van der Waals surface area (Å²) in [5, 5.41) is 0. The van der Waals surface area contributed by atoms with Gasteiger partial charge in [0.2, 0.25) is 0 Å². The number of likely N-dealkylation sites (tertiary alicyclic amines) is 1. The predicted octanol–water partition coefficient (Wildman–Crippen LogP) is 3.42. The van der Waals surface area contributed by atoms with Crippen LogP contribution in [0.5, 0.6) is 0 Å². The van der Waals surface area contributed by atoms with Gasteiger partial charge < -0.3 is 14.5 Å². The monoisotopic (exact) mass is 345 g/mol. The van der Waals surface area contributed by atoms with Crippen molar-refractivity contribution in [3.05, 3.63) is 29.6 Å². The van der Waals surface area contributed by atoms with Gasteiger partial charge in [-0.25, -0.2) is 14.6 Å². The third-order valence-corrected chi connectivity index (χ3v) is 4.12. The number of carbonyl (C=O) groups is 2. The molecule has 0 spiro atoms. The minimum absolute atomic E-state index is 0.149. The van der Waals surface area contributed by atoms with E-state index in [2.05, 4.69) is 9.97 Å². The number of aromatic nitrogens is 2. The summed E-state index contributed by atoms with van der Waals surface area (Å²) in [7, 11) is 1.35. The van der Waals surface area contributed by atoms with Crippen molar-refractivity contribution in [1.29, 1.82) is 0 Å². The molecule has 3 rings (SSSR count). The van der Waals surface area contributed by atoms with E-state index < -0.39 is 11.6 Å². The molecule has 1 aliphatic rings. The first-order valence-corrected chi connectivity index (χ1v) is 8.36. The largest absolute Gasteiger partial charge is 0.465 e. The first kappa shape index (κ1) is 17.3. The molecule has 2 aromatic rings. The van der Waals surface area contributed by atoms with Crippen LogP contribution in [0.15, 0.2) is 18.2 Å². The molecule has 2 heterocycles. The molecule has 0 saturated carbocycles. The lowest BCUT2D eigenvalue weighted by Gasteiger charge is -2.27. The molecule has 25 heavy (non-hydrogen) atoms. The van der Waals surface area contributed by atoms with Crippen LogP contribution >= 0.6 is 0 Å². The second-order valence-electron chi connectivity index (χ2n) is 7.18. The molecule has 1 aliphatic heterocycles. The first-order valence-electron chi connectivity index (χ1n) is 8.36. The summed E-state index contributed by atoms with van der Waals surface area (Å²) in [6, 6.07) is 5.02. The first-order chi connectivity index (χ1) is 11.8. The fourth-order valence-corrected chi connectivity index (χ4v) is 3.02. The van der Waals surface area contributed by atoms with Crippen LogP contribution in [0.1, 0.15) is 55.8 Å². The van der Waals surface area contributed by atoms with Gasteiger partial charge in [-0.05, 0) is 51.8 Å². The second-order valence-corrected chi connectivity index (χ2v) is 7.18. The Balaban J connectivity index is 1.87. The van der Waals surface area contributed by atoms with E-state index in [0.717, 1.165) is 23.9 Å². The molecule has 1 amide bonds. The van der Waals surface area contributed by atoms with Gasteiger partial charge in [0.05, 0.1) is 29.7 Å². The minimum Gasteiger partial charge on any atom is -0.465 e. The van der Waals surface area contributed by atoms with Crippen molar-refractivity contribution in [3.8, 4) is 0 Å². The third kappa shape index (κ3) is 3.60. The van der Waals surface area contributed by atoms with Crippen LogP contribution in [-0.2, 0) is 9.47 Å². The Labute approximate surface area is 146 Å². The Kier molecular flexibility index (Phi) is 4.41. The van der Waals surface area contributed by atoms with E-state index in [9.17, 15) is 9.59 Å². The van der Waals surface area contributed by atoms with Gasteiger partial charge in [-0.3, -0.25) is 4.90 Å². The van der Waals surface area contributed by atoms with E-state index in [0.29, 0.717) is 17.9 Å². The highest BCUT2D eigenvalue weighted by atomic mass is 16.6. The molecule has 1 saturated heterocycles. The third-order valence-electron chi connectivity index (χ3n) is 4.12. The number of esters is 1. The van der Waals surface area contributed by atoms with Gasteiger partial charge in [-0.2, -0.15) is 0 Å². The lowest BCUT2D eigenvalue weighted by atomic mass is 10.2. The number of ether oxygens (including phenoxy) is 2. The standard InChI is InChI=1S/C18H23N3O4/c1-18(2,3)25-17(23)21-9-5-6-14(21)15-19-12-8-7-11(16(22)24-4)10-13(12)20-15/h7-8,10,14H,5-6,9H2,1-4H3,(H,19,20). The Morgan fingerprint density at radius 1 is 1.32 bits per heavy atom. The van der Waals surface area contributed by atoms with E-state index in [1.807, 2.05) is 20.8 Å². The second kappa shape index (κ2) is 6.38. The summed E-state index contributed by atoms with van der Waals surface area (Å²) >= 11 is 0. The number of hydrogen-bond donors (Lipinski definition) is 1. The number of imidazole rings is 1. The molecular formula is C18H23N3O4. The molecule has 1 aromatic heterocycles. The number of benzene rings is 1. The summed E-state index contributed by atoms with van der Waals surface area (Å²) in [6.07, 6.45) is 1.39. The highest BCUT2D eigenvalue weighted by molar-refractivity contribution is 5.93. The van der Waals surface area contributed by atoms with E-state index in [4.69, 9.17) is 9.47 Å². The highest BCUT2D eigenvalue weighted by Crippen LogP contribution is 2.32. The number of fused-ring (bicyclic) bond motifs is 1. The zero-order valence-corrected chi connectivity index (χ0v) is 15.0. The van der Waals surface area contributed by atoms with Crippen molar-refractivity contribution in [2.45, 2.75) is 45.3 Å². The van der Waals surface area contributed by atoms with E-state index in [1.54, 1.807) is 23.1 Å². The number of methoxy groups -OCH3 is 1. The molecule has 7 heteroatoms. The number of aromatic amines is 1. The fraction of sp³-hybridized carbons (Fsp3) is 0.500. The van der Waals surface area contributed by atoms with E-state index in [-0.39, 0.29) is 12.1 Å². The minimum atomic E-state index is -0.534. The van der Waals surface area contributed by atoms with Crippen molar-refractivity contribution >= 4 is 23.1 Å². The van der Waals surface area contributed by atoms with Gasteiger partial charge in [0, 0.05) is 6.54 Å². The topological polar surface area (TPSA) is 84.5 Å². The number of nitrogens with one attached hydrogen (secondary N) is 1. The molecule has 134 valence electrons. The average Bonchev–Trinajstić information content (AvgIpc) is 3.17. The molecule has 1 aromatic carbocycles. The van der Waals surface area contributed by atoms with Gasteiger partial charge in [-0.15, -0.1) is 0 Å². The lowest BCUT2D eigenvalue weighted by molar-refractivity contribution is 0.0218. The maximum atomic E-state index is 12.4. The van der Waals surface area contributed by atoms with Crippen molar-refractivity contribution in [2.75, 3.05) is 13.7 Å². The van der Waals surface area contributed by atoms with Crippen LogP contribution in [0.3, 0.4) is 0 Å².